The monoisotopic (exact) mass is 1290 g/mol. The molecule has 5 heteroatoms. The molecule has 1 aromatic heterocycles. The Morgan fingerprint density at radius 1 is 0.470 bits per heavy atom. The van der Waals surface area contributed by atoms with Gasteiger partial charge in [0.25, 0.3) is 0 Å². The summed E-state index contributed by atoms with van der Waals surface area (Å²) < 4.78 is 13.2. The van der Waals surface area contributed by atoms with Crippen molar-refractivity contribution >= 4 is 21.9 Å². The topological polar surface area (TPSA) is 46.2 Å². The smallest absolute Gasteiger partial charge is 0.520 e. The molecule has 9 aromatic carbocycles. The molecule has 0 N–H and O–H groups in total. The molecule has 2 unspecified atom stereocenters. The molecule has 3 nitrogen and oxygen atoms in total. The second-order valence-corrected chi connectivity index (χ2v) is 16.3. The minimum absolute atomic E-state index is 0. The minimum atomic E-state index is -0.0404. The summed E-state index contributed by atoms with van der Waals surface area (Å²) in [6, 6.07) is 77.1. The third-order valence-electron chi connectivity index (χ3n) is 12.4. The number of benzene rings is 9. The summed E-state index contributed by atoms with van der Waals surface area (Å²) in [7, 11) is 0. The van der Waals surface area contributed by atoms with Crippen LogP contribution in [0.5, 0.6) is 5.75 Å². The molecule has 2 heterocycles. The van der Waals surface area contributed by atoms with Gasteiger partial charge in [-0.2, -0.15) is 89.2 Å². The van der Waals surface area contributed by atoms with Crippen LogP contribution in [0.1, 0.15) is 17.0 Å². The molecule has 0 fully saturated rings. The van der Waals surface area contributed by atoms with Crippen LogP contribution >= 0.6 is 0 Å². The average Bonchev–Trinajstić information content (AvgIpc) is 3.95. The summed E-state index contributed by atoms with van der Waals surface area (Å²) in [5.41, 5.74) is 17.7. The van der Waals surface area contributed by atoms with Gasteiger partial charge in [-0.1, -0.05) is 125 Å². The number of rotatable bonds is 7. The van der Waals surface area contributed by atoms with Crippen molar-refractivity contribution in [1.82, 2.24) is 0 Å². The molecule has 0 bridgehead atoms. The average molecular weight is 1290 g/mol. The van der Waals surface area contributed by atoms with E-state index in [9.17, 15) is 5.26 Å². The minimum Gasteiger partial charge on any atom is -0.520 e. The van der Waals surface area contributed by atoms with E-state index in [-0.39, 0.29) is 74.2 Å². The van der Waals surface area contributed by atoms with Crippen LogP contribution in [-0.4, -0.2) is 6.10 Å². The van der Waals surface area contributed by atoms with Crippen LogP contribution in [0.2, 0.25) is 0 Å². The second kappa shape index (κ2) is 18.5. The number of allylic oxidation sites excluding steroid dienone is 2. The first kappa shape index (κ1) is 43.5. The summed E-state index contributed by atoms with van der Waals surface area (Å²) in [5.74, 6) is 1.03. The maximum atomic E-state index is 9.56. The van der Waals surface area contributed by atoms with E-state index in [1.54, 1.807) is 0 Å². The fourth-order valence-corrected chi connectivity index (χ4v) is 9.19. The standard InChI is InChI=1S/C61H35NO2.2U/c62-38-39-19-21-42(22-20-39)47-31-48(43-23-27-45(28-24-43)54-34-50(40-11-3-1-4-12-40)36-56-52-15-7-9-17-58(52)63-60(54)56)33-49(32-47)44-25-29-46(30-26-44)55-35-51(41-13-5-2-6-14-41)37-57-53-16-8-10-18-59(53)64-61(55)57;;/h1-11,13,15-33,36-37,52,58H;;/q-4;2*+2. The second-order valence-electron chi connectivity index (χ2n) is 16.3. The Kier molecular flexibility index (Phi) is 12.2. The van der Waals surface area contributed by atoms with Gasteiger partial charge in [0, 0.05) is 11.3 Å². The SMILES string of the molecule is N#Cc1ccc(-c2cc(-c3ccc(-c4[c-]c(-c5[c-]cccc5)cc5c4OC4C=CC=CC54)cc3)cc(-c3ccc(-c4[c-]c(-c5[c-]cccc5)cc5c4oc4ccccc45)cc3)c2)cc1.[U+2].[U+2]. The molecule has 0 amide bonds. The summed E-state index contributed by atoms with van der Waals surface area (Å²) in [6.07, 6.45) is 8.50. The van der Waals surface area contributed by atoms with E-state index >= 15 is 0 Å². The zero-order chi connectivity index (χ0) is 42.6. The molecular weight excluding hydrogens is 1250 g/mol. The molecule has 0 saturated carbocycles. The van der Waals surface area contributed by atoms with Crippen molar-refractivity contribution < 1.29 is 71.4 Å². The van der Waals surface area contributed by atoms with Gasteiger partial charge in [0.05, 0.1) is 23.0 Å². The van der Waals surface area contributed by atoms with Gasteiger partial charge in [-0.25, -0.2) is 11.1 Å². The third-order valence-corrected chi connectivity index (χ3v) is 12.4. The van der Waals surface area contributed by atoms with Crippen molar-refractivity contribution in [2.24, 2.45) is 0 Å². The zero-order valence-corrected chi connectivity index (χ0v) is 43.8. The number of nitriles is 1. The molecule has 0 spiro atoms. The van der Waals surface area contributed by atoms with Crippen molar-refractivity contribution in [3.05, 3.63) is 236 Å². The fraction of sp³-hybridized carbons (Fsp3) is 0.0328. The van der Waals surface area contributed by atoms with Crippen molar-refractivity contribution in [1.29, 1.82) is 5.26 Å². The number of fused-ring (bicyclic) bond motifs is 6. The Balaban J connectivity index is 0.00000256. The number of ether oxygens (including phenoxy) is 1. The van der Waals surface area contributed by atoms with E-state index in [2.05, 4.69) is 158 Å². The van der Waals surface area contributed by atoms with E-state index in [1.165, 1.54) is 5.56 Å². The maximum Gasteiger partial charge on any atom is 2.00 e. The number of hydrogen-bond acceptors (Lipinski definition) is 3. The maximum absolute atomic E-state index is 9.56. The first-order valence-electron chi connectivity index (χ1n) is 21.4. The van der Waals surface area contributed by atoms with E-state index < -0.39 is 0 Å². The first-order valence-corrected chi connectivity index (χ1v) is 21.4. The fourth-order valence-electron chi connectivity index (χ4n) is 9.19. The molecule has 66 heavy (non-hydrogen) atoms. The molecule has 10 aromatic rings. The van der Waals surface area contributed by atoms with Crippen LogP contribution in [0.4, 0.5) is 0 Å². The third kappa shape index (κ3) is 8.05. The van der Waals surface area contributed by atoms with Gasteiger partial charge in [-0.3, -0.25) is 0 Å². The number of para-hydroxylation sites is 1. The Bertz CT molecular complexity index is 3510. The van der Waals surface area contributed by atoms with Crippen molar-refractivity contribution in [2.75, 3.05) is 0 Å². The van der Waals surface area contributed by atoms with Gasteiger partial charge < -0.3 is 9.15 Å². The Labute approximate surface area is 431 Å². The van der Waals surface area contributed by atoms with E-state index in [0.29, 0.717) is 5.56 Å². The van der Waals surface area contributed by atoms with Crippen molar-refractivity contribution in [3.63, 3.8) is 0 Å². The van der Waals surface area contributed by atoms with Crippen molar-refractivity contribution in [2.45, 2.75) is 12.0 Å². The molecule has 1 aliphatic carbocycles. The largest absolute Gasteiger partial charge is 2.00 e. The number of hydrogen-bond donors (Lipinski definition) is 0. The Morgan fingerprint density at radius 3 is 1.61 bits per heavy atom. The summed E-state index contributed by atoms with van der Waals surface area (Å²) in [5, 5.41) is 11.7. The van der Waals surface area contributed by atoms with E-state index in [1.807, 2.05) is 72.8 Å². The normalized spacial score (nSPS) is 14.4. The molecule has 2 aliphatic rings. The van der Waals surface area contributed by atoms with Gasteiger partial charge in [0.15, 0.2) is 0 Å². The van der Waals surface area contributed by atoms with Crippen LogP contribution in [-0.2, 0) is 0 Å². The van der Waals surface area contributed by atoms with E-state index in [4.69, 9.17) is 9.15 Å². The Morgan fingerprint density at radius 2 is 1.00 bits per heavy atom. The Hall–Kier alpha value is -6.35. The molecule has 2 atom stereocenters. The van der Waals surface area contributed by atoms with Gasteiger partial charge in [0.1, 0.15) is 11.7 Å². The number of furan rings is 1. The molecule has 304 valence electrons. The zero-order valence-electron chi connectivity index (χ0n) is 35.5. The van der Waals surface area contributed by atoms with Gasteiger partial charge in [0.2, 0.25) is 0 Å². The van der Waals surface area contributed by atoms with Crippen LogP contribution in [0, 0.1) is 97.8 Å². The van der Waals surface area contributed by atoms with Crippen LogP contribution < -0.4 is 4.74 Å². The molecule has 0 saturated heterocycles. The van der Waals surface area contributed by atoms with Crippen LogP contribution in [0.3, 0.4) is 0 Å². The molecule has 0 radical (unpaired) electrons. The summed E-state index contributed by atoms with van der Waals surface area (Å²) >= 11 is 0. The van der Waals surface area contributed by atoms with Crippen molar-refractivity contribution in [3.8, 4) is 89.7 Å². The first-order chi connectivity index (χ1) is 31.6. The molecule has 12 rings (SSSR count). The number of nitrogens with zero attached hydrogens (tertiary/aromatic N) is 1. The molecular formula is C61H35NO2U2. The van der Waals surface area contributed by atoms with Gasteiger partial charge in [-0.05, 0) is 81.2 Å². The molecule has 1 aliphatic heterocycles. The van der Waals surface area contributed by atoms with Gasteiger partial charge in [-0.15, -0.1) is 12.1 Å². The predicted octanol–water partition coefficient (Wildman–Crippen LogP) is 15.3. The quantitative estimate of drug-likeness (QED) is 0.149. The van der Waals surface area contributed by atoms with Gasteiger partial charge >= 0.3 is 62.2 Å². The van der Waals surface area contributed by atoms with Crippen LogP contribution in [0.25, 0.3) is 99.8 Å². The summed E-state index contributed by atoms with van der Waals surface area (Å²) in [6.45, 7) is 0. The summed E-state index contributed by atoms with van der Waals surface area (Å²) in [4.78, 5) is 0. The van der Waals surface area contributed by atoms with Crippen LogP contribution in [0.15, 0.2) is 205 Å². The van der Waals surface area contributed by atoms with E-state index in [0.717, 1.165) is 106 Å². The predicted molar refractivity (Wildman–Crippen MR) is 257 cm³/mol.